The highest BCUT2D eigenvalue weighted by molar-refractivity contribution is 5.76. The van der Waals surface area contributed by atoms with Gasteiger partial charge in [-0.05, 0) is 43.4 Å². The minimum absolute atomic E-state index is 0.178. The van der Waals surface area contributed by atoms with Crippen molar-refractivity contribution in [2.24, 2.45) is 0 Å². The van der Waals surface area contributed by atoms with E-state index in [9.17, 15) is 9.90 Å². The Morgan fingerprint density at radius 3 is 2.46 bits per heavy atom. The predicted octanol–water partition coefficient (Wildman–Crippen LogP) is 1.69. The molecule has 5 heteroatoms. The average Bonchev–Trinajstić information content (AvgIpc) is 3.06. The molecule has 1 aliphatic heterocycles. The normalized spacial score (nSPS) is 25.0. The SMILES string of the molecule is COc1ccc(CCC(=O)N2CCN([C@H]3CCC[C@H]3O)CC2)cc1. The Labute approximate surface area is 144 Å². The monoisotopic (exact) mass is 332 g/mol. The number of piperazine rings is 1. The Hall–Kier alpha value is -1.59. The molecule has 24 heavy (non-hydrogen) atoms. The standard InChI is InChI=1S/C19H28N2O3/c1-24-16-8-5-15(6-9-16)7-10-19(23)21-13-11-20(12-14-21)17-3-2-4-18(17)22/h5-6,8-9,17-18,22H,2-4,7,10-14H2,1H3/t17-,18+/m0/s1. The van der Waals surface area contributed by atoms with E-state index >= 15 is 0 Å². The fraction of sp³-hybridized carbons (Fsp3) is 0.632. The quantitative estimate of drug-likeness (QED) is 0.891. The Kier molecular flexibility index (Phi) is 5.74. The second kappa shape index (κ2) is 7.99. The minimum Gasteiger partial charge on any atom is -0.497 e. The first-order valence-corrected chi connectivity index (χ1v) is 9.00. The Morgan fingerprint density at radius 2 is 1.88 bits per heavy atom. The van der Waals surface area contributed by atoms with Gasteiger partial charge in [-0.25, -0.2) is 0 Å². The predicted molar refractivity (Wildman–Crippen MR) is 93.1 cm³/mol. The molecule has 0 unspecified atom stereocenters. The molecule has 5 nitrogen and oxygen atoms in total. The van der Waals surface area contributed by atoms with Gasteiger partial charge in [0.15, 0.2) is 0 Å². The van der Waals surface area contributed by atoms with Gasteiger partial charge in [0.25, 0.3) is 0 Å². The van der Waals surface area contributed by atoms with Crippen LogP contribution in [0.4, 0.5) is 0 Å². The lowest BCUT2D eigenvalue weighted by Gasteiger charge is -2.39. The van der Waals surface area contributed by atoms with E-state index < -0.39 is 0 Å². The topological polar surface area (TPSA) is 53.0 Å². The molecule has 1 aliphatic carbocycles. The highest BCUT2D eigenvalue weighted by Gasteiger charge is 2.33. The van der Waals surface area contributed by atoms with E-state index in [0.717, 1.165) is 63.2 Å². The zero-order chi connectivity index (χ0) is 16.9. The molecule has 0 spiro atoms. The number of carbonyl (C=O) groups is 1. The third-order valence-electron chi connectivity index (χ3n) is 5.37. The van der Waals surface area contributed by atoms with Gasteiger partial charge in [0.05, 0.1) is 13.2 Å². The number of nitrogens with zero attached hydrogens (tertiary/aromatic N) is 2. The van der Waals surface area contributed by atoms with E-state index in [-0.39, 0.29) is 12.0 Å². The fourth-order valence-corrected chi connectivity index (χ4v) is 3.85. The van der Waals surface area contributed by atoms with Gasteiger partial charge in [-0.1, -0.05) is 12.1 Å². The third-order valence-corrected chi connectivity index (χ3v) is 5.37. The van der Waals surface area contributed by atoms with E-state index in [0.29, 0.717) is 12.5 Å². The summed E-state index contributed by atoms with van der Waals surface area (Å²) in [5.74, 6) is 1.08. The van der Waals surface area contributed by atoms with E-state index in [1.165, 1.54) is 0 Å². The smallest absolute Gasteiger partial charge is 0.222 e. The van der Waals surface area contributed by atoms with Crippen molar-refractivity contribution in [3.05, 3.63) is 29.8 Å². The average molecular weight is 332 g/mol. The summed E-state index contributed by atoms with van der Waals surface area (Å²) in [5, 5.41) is 10.0. The molecule has 3 rings (SSSR count). The zero-order valence-corrected chi connectivity index (χ0v) is 14.5. The lowest BCUT2D eigenvalue weighted by Crippen LogP contribution is -2.53. The van der Waals surface area contributed by atoms with Crippen molar-refractivity contribution in [1.29, 1.82) is 0 Å². The number of rotatable bonds is 5. The van der Waals surface area contributed by atoms with Crippen LogP contribution in [-0.4, -0.2) is 66.2 Å². The van der Waals surface area contributed by atoms with E-state index in [4.69, 9.17) is 4.74 Å². The summed E-state index contributed by atoms with van der Waals surface area (Å²) in [6.07, 6.45) is 4.27. The molecular weight excluding hydrogens is 304 g/mol. The fourth-order valence-electron chi connectivity index (χ4n) is 3.85. The molecule has 0 radical (unpaired) electrons. The number of aliphatic hydroxyl groups is 1. The molecule has 0 bridgehead atoms. The molecule has 1 heterocycles. The van der Waals surface area contributed by atoms with Crippen molar-refractivity contribution in [2.75, 3.05) is 33.3 Å². The first kappa shape index (κ1) is 17.2. The van der Waals surface area contributed by atoms with Crippen LogP contribution in [0.25, 0.3) is 0 Å². The largest absolute Gasteiger partial charge is 0.497 e. The van der Waals surface area contributed by atoms with Gasteiger partial charge in [-0.15, -0.1) is 0 Å². The molecule has 2 aliphatic rings. The van der Waals surface area contributed by atoms with Crippen LogP contribution in [0.5, 0.6) is 5.75 Å². The second-order valence-corrected chi connectivity index (χ2v) is 6.83. The second-order valence-electron chi connectivity index (χ2n) is 6.83. The van der Waals surface area contributed by atoms with Gasteiger partial charge in [0.1, 0.15) is 5.75 Å². The number of hydrogen-bond acceptors (Lipinski definition) is 4. The first-order chi connectivity index (χ1) is 11.7. The molecule has 132 valence electrons. The van der Waals surface area contributed by atoms with Gasteiger partial charge in [-0.2, -0.15) is 0 Å². The summed E-state index contributed by atoms with van der Waals surface area (Å²) in [6.45, 7) is 3.33. The van der Waals surface area contributed by atoms with Crippen LogP contribution in [0, 0.1) is 0 Å². The van der Waals surface area contributed by atoms with Gasteiger partial charge in [-0.3, -0.25) is 9.69 Å². The molecule has 1 aromatic rings. The van der Waals surface area contributed by atoms with Gasteiger partial charge in [0, 0.05) is 38.6 Å². The number of aryl methyl sites for hydroxylation is 1. The van der Waals surface area contributed by atoms with E-state index in [2.05, 4.69) is 4.90 Å². The van der Waals surface area contributed by atoms with Crippen LogP contribution in [0.15, 0.2) is 24.3 Å². The molecular formula is C19H28N2O3. The van der Waals surface area contributed by atoms with Crippen LogP contribution < -0.4 is 4.74 Å². The number of amides is 1. The van der Waals surface area contributed by atoms with Gasteiger partial charge >= 0.3 is 0 Å². The van der Waals surface area contributed by atoms with Crippen molar-refractivity contribution in [2.45, 2.75) is 44.2 Å². The lowest BCUT2D eigenvalue weighted by atomic mass is 10.1. The Bertz CT molecular complexity index is 538. The zero-order valence-electron chi connectivity index (χ0n) is 14.5. The maximum absolute atomic E-state index is 12.4. The van der Waals surface area contributed by atoms with Crippen molar-refractivity contribution in [3.63, 3.8) is 0 Å². The minimum atomic E-state index is -0.178. The van der Waals surface area contributed by atoms with Crippen molar-refractivity contribution >= 4 is 5.91 Å². The number of methoxy groups -OCH3 is 1. The summed E-state index contributed by atoms with van der Waals surface area (Å²) < 4.78 is 5.15. The number of hydrogen-bond donors (Lipinski definition) is 1. The van der Waals surface area contributed by atoms with Gasteiger partial charge in [0.2, 0.25) is 5.91 Å². The van der Waals surface area contributed by atoms with Crippen molar-refractivity contribution in [1.82, 2.24) is 9.80 Å². The summed E-state index contributed by atoms with van der Waals surface area (Å²) >= 11 is 0. The van der Waals surface area contributed by atoms with Crippen LogP contribution in [0.3, 0.4) is 0 Å². The van der Waals surface area contributed by atoms with Crippen LogP contribution >= 0.6 is 0 Å². The maximum atomic E-state index is 12.4. The molecule has 1 amide bonds. The first-order valence-electron chi connectivity index (χ1n) is 9.00. The molecule has 1 saturated heterocycles. The van der Waals surface area contributed by atoms with Crippen LogP contribution in [0.2, 0.25) is 0 Å². The Morgan fingerprint density at radius 1 is 1.17 bits per heavy atom. The highest BCUT2D eigenvalue weighted by Crippen LogP contribution is 2.25. The number of ether oxygens (including phenoxy) is 1. The van der Waals surface area contributed by atoms with E-state index in [1.54, 1.807) is 7.11 Å². The molecule has 1 aromatic carbocycles. The summed E-state index contributed by atoms with van der Waals surface area (Å²) in [7, 11) is 1.66. The van der Waals surface area contributed by atoms with Crippen LogP contribution in [-0.2, 0) is 11.2 Å². The van der Waals surface area contributed by atoms with E-state index in [1.807, 2.05) is 29.2 Å². The number of carbonyl (C=O) groups excluding carboxylic acids is 1. The van der Waals surface area contributed by atoms with Gasteiger partial charge < -0.3 is 14.7 Å². The van der Waals surface area contributed by atoms with Crippen LogP contribution in [0.1, 0.15) is 31.2 Å². The summed E-state index contributed by atoms with van der Waals surface area (Å²) in [5.41, 5.74) is 1.16. The molecule has 2 atom stereocenters. The highest BCUT2D eigenvalue weighted by atomic mass is 16.5. The summed E-state index contributed by atoms with van der Waals surface area (Å²) in [6, 6.07) is 8.22. The molecule has 1 N–H and O–H groups in total. The number of aliphatic hydroxyl groups excluding tert-OH is 1. The summed E-state index contributed by atoms with van der Waals surface area (Å²) in [4.78, 5) is 16.8. The maximum Gasteiger partial charge on any atom is 0.222 e. The molecule has 1 saturated carbocycles. The van der Waals surface area contributed by atoms with Crippen molar-refractivity contribution in [3.8, 4) is 5.75 Å². The number of benzene rings is 1. The Balaban J connectivity index is 1.43. The molecule has 2 fully saturated rings. The lowest BCUT2D eigenvalue weighted by molar-refractivity contribution is -0.133. The van der Waals surface area contributed by atoms with Crippen molar-refractivity contribution < 1.29 is 14.6 Å². The third kappa shape index (κ3) is 4.08. The molecule has 0 aromatic heterocycles.